The summed E-state index contributed by atoms with van der Waals surface area (Å²) in [5.74, 6) is 2.20. The average molecular weight is 304 g/mol. The average Bonchev–Trinajstić information content (AvgIpc) is 2.58. The van der Waals surface area contributed by atoms with E-state index >= 15 is 0 Å². The number of carbonyl (C=O) groups excluding carboxylic acids is 1. The van der Waals surface area contributed by atoms with Gasteiger partial charge in [-0.15, -0.1) is 0 Å². The van der Waals surface area contributed by atoms with Crippen molar-refractivity contribution in [1.29, 1.82) is 0 Å². The van der Waals surface area contributed by atoms with E-state index in [1.165, 1.54) is 32.1 Å². The topological polar surface area (TPSA) is 37.3 Å². The van der Waals surface area contributed by atoms with Crippen molar-refractivity contribution in [1.82, 2.24) is 0 Å². The summed E-state index contributed by atoms with van der Waals surface area (Å²) in [6.07, 6.45) is 7.66. The first-order valence-electron chi connectivity index (χ1n) is 9.45. The SMILES string of the molecule is CC1C(=O)C23CC(O)C4C(C)(C)CCCC4(C)C2CCC1C3. The molecule has 1 N–H and O–H groups in total. The van der Waals surface area contributed by atoms with Crippen molar-refractivity contribution in [3.05, 3.63) is 0 Å². The lowest BCUT2D eigenvalue weighted by Gasteiger charge is -2.64. The molecular weight excluding hydrogens is 272 g/mol. The van der Waals surface area contributed by atoms with E-state index < -0.39 is 0 Å². The normalized spacial score (nSPS) is 56.4. The molecule has 124 valence electrons. The molecule has 2 nitrogen and oxygen atoms in total. The lowest BCUT2D eigenvalue weighted by atomic mass is 9.40. The van der Waals surface area contributed by atoms with Crippen molar-refractivity contribution < 1.29 is 9.90 Å². The van der Waals surface area contributed by atoms with Gasteiger partial charge in [-0.1, -0.05) is 34.1 Å². The fourth-order valence-corrected chi connectivity index (χ4v) is 7.99. The van der Waals surface area contributed by atoms with Crippen LogP contribution in [0.15, 0.2) is 0 Å². The van der Waals surface area contributed by atoms with E-state index in [2.05, 4.69) is 27.7 Å². The van der Waals surface area contributed by atoms with Crippen molar-refractivity contribution in [3.63, 3.8) is 0 Å². The predicted octanol–water partition coefficient (Wildman–Crippen LogP) is 4.21. The first-order valence-corrected chi connectivity index (χ1v) is 9.45. The van der Waals surface area contributed by atoms with E-state index in [1.54, 1.807) is 0 Å². The molecule has 4 saturated carbocycles. The Morgan fingerprint density at radius 2 is 1.82 bits per heavy atom. The van der Waals surface area contributed by atoms with Gasteiger partial charge in [0, 0.05) is 11.3 Å². The molecule has 1 spiro atoms. The molecular formula is C20H32O2. The number of carbonyl (C=O) groups is 1. The fraction of sp³-hybridized carbons (Fsp3) is 0.950. The highest BCUT2D eigenvalue weighted by Gasteiger charge is 2.69. The maximum atomic E-state index is 13.2. The number of aliphatic hydroxyl groups is 1. The van der Waals surface area contributed by atoms with Crippen molar-refractivity contribution in [2.45, 2.75) is 78.7 Å². The zero-order valence-electron chi connectivity index (χ0n) is 14.7. The molecule has 7 atom stereocenters. The summed E-state index contributed by atoms with van der Waals surface area (Å²) in [4.78, 5) is 13.2. The Bertz CT molecular complexity index is 510. The Balaban J connectivity index is 1.82. The molecule has 4 aliphatic carbocycles. The zero-order valence-corrected chi connectivity index (χ0v) is 14.7. The highest BCUT2D eigenvalue weighted by atomic mass is 16.3. The number of hydrogen-bond acceptors (Lipinski definition) is 2. The van der Waals surface area contributed by atoms with Gasteiger partial charge < -0.3 is 5.11 Å². The first kappa shape index (κ1) is 15.2. The Morgan fingerprint density at radius 3 is 2.55 bits per heavy atom. The minimum absolute atomic E-state index is 0.157. The van der Waals surface area contributed by atoms with E-state index in [0.29, 0.717) is 23.5 Å². The van der Waals surface area contributed by atoms with Gasteiger partial charge >= 0.3 is 0 Å². The first-order chi connectivity index (χ1) is 10.2. The number of hydrogen-bond donors (Lipinski definition) is 1. The van der Waals surface area contributed by atoms with Crippen LogP contribution in [0.25, 0.3) is 0 Å². The molecule has 0 heterocycles. The standard InChI is InChI=1S/C20H32O2/c1-12-13-6-7-15-19(4)9-5-8-18(2,3)16(19)14(21)11-20(15,10-13)17(12)22/h12-16,21H,5-11H2,1-4H3. The number of rotatable bonds is 0. The molecule has 2 heteroatoms. The molecule has 7 unspecified atom stereocenters. The minimum Gasteiger partial charge on any atom is -0.393 e. The molecule has 0 aromatic carbocycles. The van der Waals surface area contributed by atoms with E-state index in [1.807, 2.05) is 0 Å². The van der Waals surface area contributed by atoms with Gasteiger partial charge in [0.05, 0.1) is 6.10 Å². The van der Waals surface area contributed by atoms with Crippen molar-refractivity contribution >= 4 is 5.78 Å². The van der Waals surface area contributed by atoms with Crippen LogP contribution < -0.4 is 0 Å². The van der Waals surface area contributed by atoms with Crippen LogP contribution in [-0.2, 0) is 4.79 Å². The molecule has 4 rings (SSSR count). The molecule has 22 heavy (non-hydrogen) atoms. The Hall–Kier alpha value is -0.370. The van der Waals surface area contributed by atoms with E-state index in [9.17, 15) is 9.90 Å². The van der Waals surface area contributed by atoms with Crippen molar-refractivity contribution in [2.75, 3.05) is 0 Å². The highest BCUT2D eigenvalue weighted by Crippen LogP contribution is 2.71. The third-order valence-corrected chi connectivity index (χ3v) is 8.57. The molecule has 4 aliphatic rings. The van der Waals surface area contributed by atoms with Crippen LogP contribution in [-0.4, -0.2) is 17.0 Å². The summed E-state index contributed by atoms with van der Waals surface area (Å²) in [6.45, 7) is 9.27. The second-order valence-corrected chi connectivity index (χ2v) is 10.0. The quantitative estimate of drug-likeness (QED) is 0.728. The molecule has 0 radical (unpaired) electrons. The van der Waals surface area contributed by atoms with Crippen LogP contribution in [0, 0.1) is 39.9 Å². The van der Waals surface area contributed by atoms with Crippen LogP contribution in [0.3, 0.4) is 0 Å². The lowest BCUT2D eigenvalue weighted by Crippen LogP contribution is -2.62. The van der Waals surface area contributed by atoms with Gasteiger partial charge in [0.1, 0.15) is 5.78 Å². The van der Waals surface area contributed by atoms with Gasteiger partial charge in [0.25, 0.3) is 0 Å². The molecule has 0 aliphatic heterocycles. The Labute approximate surface area is 135 Å². The van der Waals surface area contributed by atoms with Crippen molar-refractivity contribution in [2.24, 2.45) is 39.9 Å². The van der Waals surface area contributed by atoms with E-state index in [0.717, 1.165) is 12.8 Å². The molecule has 0 aromatic rings. The maximum absolute atomic E-state index is 13.2. The van der Waals surface area contributed by atoms with Gasteiger partial charge in [0.15, 0.2) is 0 Å². The monoisotopic (exact) mass is 304 g/mol. The Kier molecular flexibility index (Phi) is 3.02. The predicted molar refractivity (Wildman–Crippen MR) is 87.3 cm³/mol. The molecule has 0 saturated heterocycles. The summed E-state index contributed by atoms with van der Waals surface area (Å²) in [5.41, 5.74) is 0.183. The lowest BCUT2D eigenvalue weighted by molar-refractivity contribution is -0.198. The molecule has 4 fully saturated rings. The fourth-order valence-electron chi connectivity index (χ4n) is 7.99. The summed E-state index contributed by atoms with van der Waals surface area (Å²) >= 11 is 0. The van der Waals surface area contributed by atoms with Crippen LogP contribution >= 0.6 is 0 Å². The Morgan fingerprint density at radius 1 is 1.09 bits per heavy atom. The van der Waals surface area contributed by atoms with Gasteiger partial charge in [-0.3, -0.25) is 4.79 Å². The van der Waals surface area contributed by atoms with Crippen LogP contribution in [0.5, 0.6) is 0 Å². The largest absolute Gasteiger partial charge is 0.393 e. The van der Waals surface area contributed by atoms with Crippen LogP contribution in [0.2, 0.25) is 0 Å². The number of ketones is 1. The zero-order chi connectivity index (χ0) is 15.9. The van der Waals surface area contributed by atoms with Gasteiger partial charge in [-0.05, 0) is 67.1 Å². The summed E-state index contributed by atoms with van der Waals surface area (Å²) in [6, 6.07) is 0. The molecule has 0 amide bonds. The molecule has 0 aromatic heterocycles. The van der Waals surface area contributed by atoms with Crippen LogP contribution in [0.1, 0.15) is 72.6 Å². The highest BCUT2D eigenvalue weighted by molar-refractivity contribution is 5.90. The van der Waals surface area contributed by atoms with Crippen LogP contribution in [0.4, 0.5) is 0 Å². The summed E-state index contributed by atoms with van der Waals surface area (Å²) < 4.78 is 0. The summed E-state index contributed by atoms with van der Waals surface area (Å²) in [7, 11) is 0. The molecule has 2 bridgehead atoms. The smallest absolute Gasteiger partial charge is 0.142 e. The third kappa shape index (κ3) is 1.63. The van der Waals surface area contributed by atoms with E-state index in [4.69, 9.17) is 0 Å². The van der Waals surface area contributed by atoms with Crippen molar-refractivity contribution in [3.8, 4) is 0 Å². The second-order valence-electron chi connectivity index (χ2n) is 10.0. The van der Waals surface area contributed by atoms with E-state index in [-0.39, 0.29) is 28.3 Å². The minimum atomic E-state index is -0.287. The maximum Gasteiger partial charge on any atom is 0.142 e. The number of fused-ring (bicyclic) bond motifs is 3. The second kappa shape index (κ2) is 4.37. The summed E-state index contributed by atoms with van der Waals surface area (Å²) in [5, 5.41) is 11.1. The van der Waals surface area contributed by atoms with Gasteiger partial charge in [-0.2, -0.15) is 0 Å². The third-order valence-electron chi connectivity index (χ3n) is 8.57. The van der Waals surface area contributed by atoms with Gasteiger partial charge in [-0.25, -0.2) is 0 Å². The number of Topliss-reactive ketones (excluding diaryl/α,β-unsaturated/α-hetero) is 1. The van der Waals surface area contributed by atoms with Gasteiger partial charge in [0.2, 0.25) is 0 Å². The number of aliphatic hydroxyl groups excluding tert-OH is 1.